The summed E-state index contributed by atoms with van der Waals surface area (Å²) in [6.07, 6.45) is 25.1. The minimum atomic E-state index is -1.22. The molecule has 2 saturated carbocycles. The van der Waals surface area contributed by atoms with E-state index in [0.29, 0.717) is 0 Å². The van der Waals surface area contributed by atoms with Crippen molar-refractivity contribution in [2.75, 3.05) is 0 Å². The number of allylic oxidation sites excluding steroid dienone is 8. The molecule has 4 rings (SSSR count). The molecule has 0 N–H and O–H groups in total. The summed E-state index contributed by atoms with van der Waals surface area (Å²) in [4.78, 5) is 0. The first-order chi connectivity index (χ1) is 11.6. The summed E-state index contributed by atoms with van der Waals surface area (Å²) in [5, 5.41) is 0. The van der Waals surface area contributed by atoms with Crippen LogP contribution >= 0.6 is 17.0 Å². The van der Waals surface area contributed by atoms with Gasteiger partial charge in [-0.05, 0) is 47.6 Å². The van der Waals surface area contributed by atoms with E-state index < -0.39 is 28.9 Å². The molecule has 0 nitrogen and oxygen atoms in total. The average molecular weight is 489 g/mol. The van der Waals surface area contributed by atoms with Gasteiger partial charge in [0, 0.05) is 0 Å². The maximum atomic E-state index is 4.93. The molecule has 4 heteroatoms. The monoisotopic (exact) mass is 486 g/mol. The molecule has 0 amide bonds. The van der Waals surface area contributed by atoms with Gasteiger partial charge in [0.1, 0.15) is 0 Å². The zero-order valence-corrected chi connectivity index (χ0v) is 21.6. The molecule has 2 fully saturated rings. The van der Waals surface area contributed by atoms with E-state index >= 15 is 0 Å². The number of halogens is 2. The number of rotatable bonds is 2. The molecule has 0 aromatic rings. The first kappa shape index (κ1) is 24.7. The van der Waals surface area contributed by atoms with Crippen LogP contribution in [0.2, 0.25) is 24.2 Å². The summed E-state index contributed by atoms with van der Waals surface area (Å²) in [7, 11) is 8.64. The zero-order chi connectivity index (χ0) is 17.2. The van der Waals surface area contributed by atoms with Crippen molar-refractivity contribution < 1.29 is 20.8 Å². The number of hydrogen-bond acceptors (Lipinski definition) is 0. The fraction of sp³-hybridized carbons (Fsp3) is 0.545. The fourth-order valence-corrected chi connectivity index (χ4v) is 11.0. The van der Waals surface area contributed by atoms with Crippen molar-refractivity contribution in [1.82, 2.24) is 0 Å². The molecule has 0 aromatic heterocycles. The van der Waals surface area contributed by atoms with Crippen LogP contribution in [0, 0.1) is 38.5 Å². The van der Waals surface area contributed by atoms with Gasteiger partial charge in [-0.2, -0.15) is 0 Å². The van der Waals surface area contributed by atoms with Crippen molar-refractivity contribution in [1.29, 1.82) is 0 Å². The number of hydrogen-bond donors (Lipinski definition) is 0. The van der Waals surface area contributed by atoms with E-state index in [9.17, 15) is 0 Å². The van der Waals surface area contributed by atoms with Crippen LogP contribution in [0.1, 0.15) is 25.7 Å². The van der Waals surface area contributed by atoms with E-state index in [1.807, 2.05) is 0 Å². The molecule has 0 heterocycles. The minimum absolute atomic E-state index is 0. The molecule has 0 saturated heterocycles. The Morgan fingerprint density at radius 1 is 0.692 bits per heavy atom. The average Bonchev–Trinajstić information content (AvgIpc) is 3.20. The Hall–Kier alpha value is 0.640. The van der Waals surface area contributed by atoms with Gasteiger partial charge in [0.25, 0.3) is 0 Å². The summed E-state index contributed by atoms with van der Waals surface area (Å²) in [5.41, 5.74) is 2.01. The van der Waals surface area contributed by atoms with E-state index in [2.05, 4.69) is 61.7 Å². The normalized spacial score (nSPS) is 36.0. The third-order valence-electron chi connectivity index (χ3n) is 7.06. The van der Waals surface area contributed by atoms with Crippen molar-refractivity contribution in [3.63, 3.8) is 0 Å². The fourth-order valence-electron chi connectivity index (χ4n) is 5.92. The SMILES string of the molecule is C[Si](C)(C1CCC2C=CC=CC21)[C@H]1CCC2C=CC=CC21.[CH3-].[CH3-].[Cl][Zr+2][Cl]. The molecule has 0 bridgehead atoms. The van der Waals surface area contributed by atoms with Gasteiger partial charge in [-0.25, -0.2) is 0 Å². The first-order valence-corrected chi connectivity index (χ1v) is 18.7. The van der Waals surface area contributed by atoms with Crippen molar-refractivity contribution in [3.05, 3.63) is 63.5 Å². The third-order valence-corrected chi connectivity index (χ3v) is 12.2. The van der Waals surface area contributed by atoms with Crippen LogP contribution in [-0.2, 0) is 20.8 Å². The molecule has 0 spiro atoms. The van der Waals surface area contributed by atoms with Crippen LogP contribution < -0.4 is 0 Å². The van der Waals surface area contributed by atoms with Crippen LogP contribution in [0.4, 0.5) is 0 Å². The van der Waals surface area contributed by atoms with Crippen LogP contribution in [0.25, 0.3) is 0 Å². The standard InChI is InChI=1S/C20H28Si.2CH3.2ClH.Zr/c1-21(2,19-13-11-15-7-3-5-9-17(15)19)20-14-12-16-8-4-6-10-18(16)20;;;;;/h3-10,15-20H,11-14H2,1-2H3;2*1H3;2*1H;/q;2*-1;;;+4/p-2/t15?,16?,17?,18?,19-,20?;;;;;/m0...../s1. The van der Waals surface area contributed by atoms with Gasteiger partial charge in [0.05, 0.1) is 8.07 Å². The number of fused-ring (bicyclic) bond motifs is 2. The molecule has 5 unspecified atom stereocenters. The molecule has 6 atom stereocenters. The molecule has 0 aliphatic heterocycles. The van der Waals surface area contributed by atoms with Crippen molar-refractivity contribution in [2.45, 2.75) is 49.9 Å². The second-order valence-corrected chi connectivity index (χ2v) is 17.1. The van der Waals surface area contributed by atoms with Gasteiger partial charge in [0.2, 0.25) is 0 Å². The van der Waals surface area contributed by atoms with Crippen molar-refractivity contribution >= 4 is 25.1 Å². The Labute approximate surface area is 181 Å². The summed E-state index contributed by atoms with van der Waals surface area (Å²) in [6, 6.07) is 0. The van der Waals surface area contributed by atoms with Crippen LogP contribution in [-0.4, -0.2) is 8.07 Å². The topological polar surface area (TPSA) is 0 Å². The van der Waals surface area contributed by atoms with Gasteiger partial charge in [-0.15, -0.1) is 0 Å². The molecule has 0 aromatic carbocycles. The van der Waals surface area contributed by atoms with Gasteiger partial charge < -0.3 is 14.9 Å². The Morgan fingerprint density at radius 2 is 1.04 bits per heavy atom. The summed E-state index contributed by atoms with van der Waals surface area (Å²) < 4.78 is 0. The Kier molecular flexibility index (Phi) is 10.4. The van der Waals surface area contributed by atoms with Gasteiger partial charge >= 0.3 is 37.9 Å². The summed E-state index contributed by atoms with van der Waals surface area (Å²) in [5.74, 6) is 3.43. The molecule has 4 aliphatic rings. The molecular weight excluding hydrogens is 454 g/mol. The molecule has 144 valence electrons. The van der Waals surface area contributed by atoms with Crippen LogP contribution in [0.15, 0.2) is 48.6 Å². The predicted molar refractivity (Wildman–Crippen MR) is 119 cm³/mol. The molecule has 4 aliphatic carbocycles. The molecular formula is C22H34Cl2SiZr. The van der Waals surface area contributed by atoms with E-state index in [-0.39, 0.29) is 14.9 Å². The van der Waals surface area contributed by atoms with Crippen molar-refractivity contribution in [3.8, 4) is 0 Å². The molecule has 0 radical (unpaired) electrons. The van der Waals surface area contributed by atoms with E-state index in [1.165, 1.54) is 25.7 Å². The van der Waals surface area contributed by atoms with Crippen molar-refractivity contribution in [2.24, 2.45) is 23.7 Å². The maximum absolute atomic E-state index is 4.93. The van der Waals surface area contributed by atoms with Gasteiger partial charge in [-0.3, -0.25) is 0 Å². The first-order valence-electron chi connectivity index (χ1n) is 9.25. The Morgan fingerprint density at radius 3 is 1.42 bits per heavy atom. The van der Waals surface area contributed by atoms with E-state index in [1.54, 1.807) is 0 Å². The molecule has 26 heavy (non-hydrogen) atoms. The van der Waals surface area contributed by atoms with Crippen LogP contribution in [0.3, 0.4) is 0 Å². The van der Waals surface area contributed by atoms with E-state index in [0.717, 1.165) is 34.8 Å². The summed E-state index contributed by atoms with van der Waals surface area (Å²) >= 11 is -0.826. The summed E-state index contributed by atoms with van der Waals surface area (Å²) in [6.45, 7) is 5.43. The second kappa shape index (κ2) is 11.0. The van der Waals surface area contributed by atoms with E-state index in [4.69, 9.17) is 17.0 Å². The third kappa shape index (κ3) is 4.97. The van der Waals surface area contributed by atoms with Gasteiger partial charge in [-0.1, -0.05) is 74.5 Å². The van der Waals surface area contributed by atoms with Gasteiger partial charge in [0.15, 0.2) is 0 Å². The quantitative estimate of drug-likeness (QED) is 0.273. The van der Waals surface area contributed by atoms with Crippen LogP contribution in [0.5, 0.6) is 0 Å². The second-order valence-electron chi connectivity index (χ2n) is 8.28. The predicted octanol–water partition coefficient (Wildman–Crippen LogP) is 8.02. The Balaban J connectivity index is 0.000000635. The Bertz CT molecular complexity index is 506. The zero-order valence-electron chi connectivity index (χ0n) is 16.7.